The lowest BCUT2D eigenvalue weighted by atomic mass is 9.96. The Hall–Kier alpha value is -3.99. The zero-order chi connectivity index (χ0) is 30.2. The van der Waals surface area contributed by atoms with Crippen LogP contribution in [0.15, 0.2) is 71.6 Å². The Bertz CT molecular complexity index is 1860. The molecule has 0 unspecified atom stereocenters. The number of fused-ring (bicyclic) bond motifs is 2. The van der Waals surface area contributed by atoms with Crippen LogP contribution in [-0.2, 0) is 34.0 Å². The third-order valence-corrected chi connectivity index (χ3v) is 8.93. The molecule has 12 heteroatoms. The van der Waals surface area contributed by atoms with Gasteiger partial charge in [0.2, 0.25) is 0 Å². The van der Waals surface area contributed by atoms with E-state index < -0.39 is 27.8 Å². The van der Waals surface area contributed by atoms with Crippen LogP contribution in [0.25, 0.3) is 10.9 Å². The first-order chi connectivity index (χ1) is 19.9. The minimum atomic E-state index is -3.50. The first kappa shape index (κ1) is 29.5. The number of carbonyl (C=O) groups is 3. The Balaban J connectivity index is 1.35. The highest BCUT2D eigenvalue weighted by atomic mass is 35.5. The highest BCUT2D eigenvalue weighted by Crippen LogP contribution is 2.35. The van der Waals surface area contributed by atoms with Crippen molar-refractivity contribution in [2.24, 2.45) is 0 Å². The van der Waals surface area contributed by atoms with Crippen molar-refractivity contribution in [3.63, 3.8) is 0 Å². The van der Waals surface area contributed by atoms with Gasteiger partial charge in [0.15, 0.2) is 9.84 Å². The van der Waals surface area contributed by atoms with E-state index >= 15 is 0 Å². The average Bonchev–Trinajstić information content (AvgIpc) is 2.95. The number of para-hydroxylation sites is 1. The van der Waals surface area contributed by atoms with E-state index in [0.717, 1.165) is 11.6 Å². The molecule has 42 heavy (non-hydrogen) atoms. The zero-order valence-electron chi connectivity index (χ0n) is 22.3. The SMILES string of the molecule is CS(=O)(=O)c1cccc(C[C@H](NC(=O)c2c(Cl)cc3c(c2Cl)CCN(C(=O)c2ccc4ccccc4n2)C3)C(=O)O)c1. The maximum atomic E-state index is 13.3. The fourth-order valence-electron chi connectivity index (χ4n) is 4.95. The quantitative estimate of drug-likeness (QED) is 0.307. The van der Waals surface area contributed by atoms with Crippen molar-refractivity contribution in [3.05, 3.63) is 105 Å². The van der Waals surface area contributed by atoms with Gasteiger partial charge in [-0.2, -0.15) is 0 Å². The fraction of sp³-hybridized carbons (Fsp3) is 0.200. The summed E-state index contributed by atoms with van der Waals surface area (Å²) in [6.45, 7) is 0.537. The van der Waals surface area contributed by atoms with E-state index in [0.29, 0.717) is 40.9 Å². The minimum Gasteiger partial charge on any atom is -0.480 e. The zero-order valence-corrected chi connectivity index (χ0v) is 24.6. The molecule has 0 fully saturated rings. The van der Waals surface area contributed by atoms with Crippen molar-refractivity contribution in [1.82, 2.24) is 15.2 Å². The number of nitrogens with zero attached hydrogens (tertiary/aromatic N) is 2. The normalized spacial score (nSPS) is 13.8. The Kier molecular flexibility index (Phi) is 8.23. The molecule has 2 N–H and O–H groups in total. The molecule has 1 aliphatic heterocycles. The molecule has 0 bridgehead atoms. The molecule has 0 radical (unpaired) electrons. The van der Waals surface area contributed by atoms with Crippen molar-refractivity contribution < 1.29 is 27.9 Å². The van der Waals surface area contributed by atoms with E-state index in [9.17, 15) is 27.9 Å². The number of carbonyl (C=O) groups excluding carboxylic acids is 2. The molecular weight excluding hydrogens is 601 g/mol. The van der Waals surface area contributed by atoms with Gasteiger partial charge in [-0.05, 0) is 53.4 Å². The van der Waals surface area contributed by atoms with Crippen LogP contribution in [0.4, 0.5) is 0 Å². The van der Waals surface area contributed by atoms with E-state index in [-0.39, 0.29) is 39.4 Å². The molecule has 3 aromatic carbocycles. The number of sulfone groups is 1. The van der Waals surface area contributed by atoms with Gasteiger partial charge in [0.1, 0.15) is 11.7 Å². The highest BCUT2D eigenvalue weighted by Gasteiger charge is 2.30. The van der Waals surface area contributed by atoms with E-state index in [2.05, 4.69) is 10.3 Å². The third kappa shape index (κ3) is 6.11. The van der Waals surface area contributed by atoms with E-state index in [4.69, 9.17) is 23.2 Å². The number of hydrogen-bond donors (Lipinski definition) is 2. The first-order valence-corrected chi connectivity index (χ1v) is 15.5. The molecular formula is C30H25Cl2N3O6S. The average molecular weight is 627 g/mol. The number of halogens is 2. The van der Waals surface area contributed by atoms with Gasteiger partial charge < -0.3 is 15.3 Å². The lowest BCUT2D eigenvalue weighted by Crippen LogP contribution is -2.42. The van der Waals surface area contributed by atoms with Gasteiger partial charge in [-0.3, -0.25) is 9.59 Å². The number of hydrogen-bond acceptors (Lipinski definition) is 6. The van der Waals surface area contributed by atoms with E-state index in [1.165, 1.54) is 18.2 Å². The number of aromatic nitrogens is 1. The number of nitrogens with one attached hydrogen (secondary N) is 1. The molecule has 1 aliphatic rings. The van der Waals surface area contributed by atoms with Gasteiger partial charge >= 0.3 is 5.97 Å². The Morgan fingerprint density at radius 1 is 1.05 bits per heavy atom. The first-order valence-electron chi connectivity index (χ1n) is 12.9. The topological polar surface area (TPSA) is 134 Å². The molecule has 2 amide bonds. The molecule has 5 rings (SSSR count). The van der Waals surface area contributed by atoms with Crippen LogP contribution in [0.3, 0.4) is 0 Å². The van der Waals surface area contributed by atoms with Gasteiger partial charge in [-0.15, -0.1) is 0 Å². The summed E-state index contributed by atoms with van der Waals surface area (Å²) in [6.07, 6.45) is 1.24. The van der Waals surface area contributed by atoms with E-state index in [1.54, 1.807) is 23.1 Å². The van der Waals surface area contributed by atoms with Crippen LogP contribution in [0.1, 0.15) is 37.5 Å². The van der Waals surface area contributed by atoms with Crippen molar-refractivity contribution in [3.8, 4) is 0 Å². The number of aliphatic carboxylic acids is 1. The summed E-state index contributed by atoms with van der Waals surface area (Å²) in [5, 5.41) is 13.3. The Morgan fingerprint density at radius 2 is 1.81 bits per heavy atom. The second-order valence-corrected chi connectivity index (χ2v) is 12.8. The number of rotatable bonds is 7. The molecule has 216 valence electrons. The maximum Gasteiger partial charge on any atom is 0.326 e. The van der Waals surface area contributed by atoms with Gasteiger partial charge in [-0.1, -0.05) is 59.6 Å². The van der Waals surface area contributed by atoms with Gasteiger partial charge in [0.25, 0.3) is 11.8 Å². The van der Waals surface area contributed by atoms with Crippen LogP contribution in [0.2, 0.25) is 10.0 Å². The number of pyridine rings is 1. The second kappa shape index (κ2) is 11.7. The molecule has 0 aliphatic carbocycles. The maximum absolute atomic E-state index is 13.3. The van der Waals surface area contributed by atoms with Crippen molar-refractivity contribution >= 4 is 61.7 Å². The lowest BCUT2D eigenvalue weighted by molar-refractivity contribution is -0.139. The number of carboxylic acids is 1. The van der Waals surface area contributed by atoms with Crippen molar-refractivity contribution in [2.75, 3.05) is 12.8 Å². The smallest absolute Gasteiger partial charge is 0.326 e. The summed E-state index contributed by atoms with van der Waals surface area (Å²) in [6, 6.07) is 17.1. The summed E-state index contributed by atoms with van der Waals surface area (Å²) in [7, 11) is -3.50. The highest BCUT2D eigenvalue weighted by molar-refractivity contribution is 7.90. The number of amides is 2. The molecule has 0 saturated carbocycles. The van der Waals surface area contributed by atoms with Crippen molar-refractivity contribution in [2.45, 2.75) is 30.3 Å². The van der Waals surface area contributed by atoms with Crippen molar-refractivity contribution in [1.29, 1.82) is 0 Å². The lowest BCUT2D eigenvalue weighted by Gasteiger charge is -2.30. The van der Waals surface area contributed by atoms with Gasteiger partial charge in [-0.25, -0.2) is 18.2 Å². The number of carboxylic acid groups (broad SMARTS) is 1. The second-order valence-electron chi connectivity index (χ2n) is 10.0. The van der Waals surface area contributed by atoms with Crippen LogP contribution in [-0.4, -0.2) is 60.0 Å². The predicted octanol–water partition coefficient (Wildman–Crippen LogP) is 4.57. The summed E-state index contributed by atoms with van der Waals surface area (Å²) in [4.78, 5) is 44.7. The monoisotopic (exact) mass is 625 g/mol. The molecule has 9 nitrogen and oxygen atoms in total. The Labute approximate surface area is 252 Å². The fourth-order valence-corrected chi connectivity index (χ4v) is 6.40. The number of benzene rings is 3. The van der Waals surface area contributed by atoms with Crippen LogP contribution in [0, 0.1) is 0 Å². The molecule has 0 saturated heterocycles. The summed E-state index contributed by atoms with van der Waals surface area (Å²) in [5.41, 5.74) is 2.70. The predicted molar refractivity (Wildman–Crippen MR) is 159 cm³/mol. The molecule has 2 heterocycles. The van der Waals surface area contributed by atoms with Gasteiger partial charge in [0.05, 0.1) is 26.0 Å². The van der Waals surface area contributed by atoms with Crippen LogP contribution < -0.4 is 5.32 Å². The summed E-state index contributed by atoms with van der Waals surface area (Å²) >= 11 is 13.1. The van der Waals surface area contributed by atoms with E-state index in [1.807, 2.05) is 30.3 Å². The standard InChI is InChI=1S/C30H25Cl2N3O6S/c1-42(40,41)20-7-4-5-17(13-20)14-25(30(38)39)34-28(36)26-22(31)15-19-16-35(12-11-21(19)27(26)32)29(37)24-10-9-18-6-2-3-8-23(18)33-24/h2-10,13,15,25H,11-12,14,16H2,1H3,(H,34,36)(H,38,39)/t25-/m0/s1. The summed E-state index contributed by atoms with van der Waals surface area (Å²) in [5.74, 6) is -2.34. The minimum absolute atomic E-state index is 0.0117. The van der Waals surface area contributed by atoms with Crippen LogP contribution in [0.5, 0.6) is 0 Å². The van der Waals surface area contributed by atoms with Crippen LogP contribution >= 0.6 is 23.2 Å². The third-order valence-electron chi connectivity index (χ3n) is 7.11. The largest absolute Gasteiger partial charge is 0.480 e. The molecule has 0 spiro atoms. The molecule has 4 aromatic rings. The molecule has 1 aromatic heterocycles. The Morgan fingerprint density at radius 3 is 2.55 bits per heavy atom. The summed E-state index contributed by atoms with van der Waals surface area (Å²) < 4.78 is 23.8. The van der Waals surface area contributed by atoms with Gasteiger partial charge in [0, 0.05) is 31.2 Å². The molecule has 1 atom stereocenters.